The summed E-state index contributed by atoms with van der Waals surface area (Å²) in [6, 6.07) is 5.09. The number of anilines is 1. The van der Waals surface area contributed by atoms with Gasteiger partial charge in [-0.15, -0.1) is 0 Å². The maximum atomic E-state index is 13.5. The summed E-state index contributed by atoms with van der Waals surface area (Å²) < 4.78 is 13.5. The number of aliphatic hydroxyl groups excluding tert-OH is 1. The number of nitrogens with one attached hydrogen (secondary N) is 1. The summed E-state index contributed by atoms with van der Waals surface area (Å²) in [5.74, 6) is -0.229. The lowest BCUT2D eigenvalue weighted by molar-refractivity contribution is 0.299. The third kappa shape index (κ3) is 5.10. The van der Waals surface area contributed by atoms with Gasteiger partial charge in [0.15, 0.2) is 0 Å². The van der Waals surface area contributed by atoms with Gasteiger partial charge >= 0.3 is 0 Å². The van der Waals surface area contributed by atoms with Gasteiger partial charge < -0.3 is 15.3 Å². The molecule has 0 saturated heterocycles. The van der Waals surface area contributed by atoms with Crippen LogP contribution in [0.1, 0.15) is 40.2 Å². The van der Waals surface area contributed by atoms with Crippen molar-refractivity contribution in [3.8, 4) is 0 Å². The Bertz CT molecular complexity index is 427. The third-order valence-corrected chi connectivity index (χ3v) is 3.12. The number of benzene rings is 1. The van der Waals surface area contributed by atoms with Crippen LogP contribution in [0.15, 0.2) is 18.2 Å². The van der Waals surface area contributed by atoms with E-state index in [4.69, 9.17) is 0 Å². The van der Waals surface area contributed by atoms with Crippen molar-refractivity contribution < 1.29 is 9.50 Å². The van der Waals surface area contributed by atoms with E-state index in [9.17, 15) is 9.50 Å². The van der Waals surface area contributed by atoms with E-state index in [2.05, 4.69) is 44.8 Å². The van der Waals surface area contributed by atoms with Crippen molar-refractivity contribution in [3.63, 3.8) is 0 Å². The number of aliphatic hydroxyl groups is 1. The maximum Gasteiger partial charge on any atom is 0.123 e. The second-order valence-electron chi connectivity index (χ2n) is 6.39. The number of hydrogen-bond acceptors (Lipinski definition) is 3. The fourth-order valence-corrected chi connectivity index (χ4v) is 2.10. The second kappa shape index (κ2) is 7.04. The fraction of sp³-hybridized carbons (Fsp3) is 0.625. The van der Waals surface area contributed by atoms with Crippen molar-refractivity contribution in [2.24, 2.45) is 0 Å². The monoisotopic (exact) mass is 282 g/mol. The van der Waals surface area contributed by atoms with E-state index in [-0.39, 0.29) is 24.0 Å². The molecule has 1 aromatic rings. The van der Waals surface area contributed by atoms with Crippen molar-refractivity contribution >= 4 is 5.69 Å². The summed E-state index contributed by atoms with van der Waals surface area (Å²) >= 11 is 0. The van der Waals surface area contributed by atoms with E-state index >= 15 is 0 Å². The molecule has 0 radical (unpaired) electrons. The minimum absolute atomic E-state index is 0.0246. The molecule has 0 atom stereocenters. The Labute approximate surface area is 121 Å². The Kier molecular flexibility index (Phi) is 5.96. The molecule has 0 saturated carbocycles. The largest absolute Gasteiger partial charge is 0.395 e. The molecule has 4 heteroatoms. The van der Waals surface area contributed by atoms with Gasteiger partial charge in [0, 0.05) is 30.4 Å². The van der Waals surface area contributed by atoms with Gasteiger partial charge in [-0.05, 0) is 58.4 Å². The third-order valence-electron chi connectivity index (χ3n) is 3.12. The molecule has 3 nitrogen and oxygen atoms in total. The highest BCUT2D eigenvalue weighted by atomic mass is 19.1. The van der Waals surface area contributed by atoms with Gasteiger partial charge in [-0.3, -0.25) is 0 Å². The van der Waals surface area contributed by atoms with Crippen molar-refractivity contribution in [1.29, 1.82) is 0 Å². The topological polar surface area (TPSA) is 35.5 Å². The Morgan fingerprint density at radius 2 is 1.95 bits per heavy atom. The van der Waals surface area contributed by atoms with E-state index in [0.29, 0.717) is 13.1 Å². The van der Waals surface area contributed by atoms with E-state index in [1.165, 1.54) is 6.07 Å². The summed E-state index contributed by atoms with van der Waals surface area (Å²) in [5, 5.41) is 12.6. The molecule has 0 aliphatic rings. The molecule has 0 aromatic heterocycles. The SMILES string of the molecule is CC(C)N(CCO)c1ccc(F)cc1CNC(C)(C)C. The highest BCUT2D eigenvalue weighted by Gasteiger charge is 2.16. The summed E-state index contributed by atoms with van der Waals surface area (Å²) in [4.78, 5) is 2.10. The molecule has 2 N–H and O–H groups in total. The molecule has 0 aliphatic carbocycles. The molecule has 1 aromatic carbocycles. The van der Waals surface area contributed by atoms with Crippen LogP contribution in [-0.4, -0.2) is 29.8 Å². The van der Waals surface area contributed by atoms with Gasteiger partial charge in [0.2, 0.25) is 0 Å². The normalized spacial score (nSPS) is 12.0. The molecule has 0 heterocycles. The zero-order valence-corrected chi connectivity index (χ0v) is 13.2. The summed E-state index contributed by atoms with van der Waals surface area (Å²) in [6.45, 7) is 11.6. The summed E-state index contributed by atoms with van der Waals surface area (Å²) in [7, 11) is 0. The van der Waals surface area contributed by atoms with Gasteiger partial charge in [-0.2, -0.15) is 0 Å². The molecule has 0 unspecified atom stereocenters. The zero-order valence-electron chi connectivity index (χ0n) is 13.2. The maximum absolute atomic E-state index is 13.5. The predicted octanol–water partition coefficient (Wildman–Crippen LogP) is 2.92. The van der Waals surface area contributed by atoms with Crippen molar-refractivity contribution in [2.45, 2.75) is 52.7 Å². The van der Waals surface area contributed by atoms with E-state index < -0.39 is 0 Å². The van der Waals surface area contributed by atoms with Crippen LogP contribution in [0, 0.1) is 5.82 Å². The molecular formula is C16H27FN2O. The fourth-order valence-electron chi connectivity index (χ4n) is 2.10. The number of nitrogens with zero attached hydrogens (tertiary/aromatic N) is 1. The van der Waals surface area contributed by atoms with Crippen LogP contribution in [0.5, 0.6) is 0 Å². The van der Waals surface area contributed by atoms with Crippen LogP contribution in [0.3, 0.4) is 0 Å². The molecule has 0 amide bonds. The Morgan fingerprint density at radius 3 is 2.45 bits per heavy atom. The summed E-state index contributed by atoms with van der Waals surface area (Å²) in [6.07, 6.45) is 0. The van der Waals surface area contributed by atoms with Crippen LogP contribution in [0.25, 0.3) is 0 Å². The summed E-state index contributed by atoms with van der Waals surface area (Å²) in [5.41, 5.74) is 1.87. The first-order valence-corrected chi connectivity index (χ1v) is 7.15. The molecule has 1 rings (SSSR count). The van der Waals surface area contributed by atoms with E-state index in [1.807, 2.05) is 0 Å². The predicted molar refractivity (Wildman–Crippen MR) is 82.6 cm³/mol. The van der Waals surface area contributed by atoms with Crippen molar-refractivity contribution in [2.75, 3.05) is 18.1 Å². The first-order chi connectivity index (χ1) is 9.24. The number of hydrogen-bond donors (Lipinski definition) is 2. The Balaban J connectivity index is 3.05. The standard InChI is InChI=1S/C16H27FN2O/c1-12(2)19(8-9-20)15-7-6-14(17)10-13(15)11-18-16(3,4)5/h6-7,10,12,18,20H,8-9,11H2,1-5H3. The average Bonchev–Trinajstić information content (AvgIpc) is 2.33. The van der Waals surface area contributed by atoms with Gasteiger partial charge in [-0.25, -0.2) is 4.39 Å². The van der Waals surface area contributed by atoms with Crippen LogP contribution in [0.4, 0.5) is 10.1 Å². The highest BCUT2D eigenvalue weighted by molar-refractivity contribution is 5.54. The van der Waals surface area contributed by atoms with E-state index in [0.717, 1.165) is 11.3 Å². The number of halogens is 1. The molecule has 20 heavy (non-hydrogen) atoms. The minimum atomic E-state index is -0.229. The van der Waals surface area contributed by atoms with Crippen LogP contribution >= 0.6 is 0 Å². The molecule has 0 bridgehead atoms. The van der Waals surface area contributed by atoms with Crippen LogP contribution in [0.2, 0.25) is 0 Å². The Morgan fingerprint density at radius 1 is 1.30 bits per heavy atom. The molecule has 0 fully saturated rings. The average molecular weight is 282 g/mol. The van der Waals surface area contributed by atoms with Gasteiger partial charge in [0.1, 0.15) is 5.82 Å². The first kappa shape index (κ1) is 16.9. The number of rotatable bonds is 6. The highest BCUT2D eigenvalue weighted by Crippen LogP contribution is 2.24. The van der Waals surface area contributed by atoms with Crippen LogP contribution in [-0.2, 0) is 6.54 Å². The lowest BCUT2D eigenvalue weighted by atomic mass is 10.1. The van der Waals surface area contributed by atoms with Crippen LogP contribution < -0.4 is 10.2 Å². The zero-order chi connectivity index (χ0) is 15.3. The molecule has 114 valence electrons. The van der Waals surface area contributed by atoms with Gasteiger partial charge in [0.05, 0.1) is 6.61 Å². The lowest BCUT2D eigenvalue weighted by Crippen LogP contribution is -2.37. The lowest BCUT2D eigenvalue weighted by Gasteiger charge is -2.31. The quantitative estimate of drug-likeness (QED) is 0.842. The van der Waals surface area contributed by atoms with E-state index in [1.54, 1.807) is 12.1 Å². The molecule has 0 spiro atoms. The molecular weight excluding hydrogens is 255 g/mol. The molecule has 0 aliphatic heterocycles. The first-order valence-electron chi connectivity index (χ1n) is 7.15. The smallest absolute Gasteiger partial charge is 0.123 e. The van der Waals surface area contributed by atoms with Gasteiger partial charge in [-0.1, -0.05) is 0 Å². The van der Waals surface area contributed by atoms with Crippen molar-refractivity contribution in [1.82, 2.24) is 5.32 Å². The second-order valence-corrected chi connectivity index (χ2v) is 6.39. The van der Waals surface area contributed by atoms with Crippen molar-refractivity contribution in [3.05, 3.63) is 29.6 Å². The Hall–Kier alpha value is -1.13. The van der Waals surface area contributed by atoms with Gasteiger partial charge in [0.25, 0.3) is 0 Å². The minimum Gasteiger partial charge on any atom is -0.395 e.